The molecular formula is C14H22ClNO. The average Bonchev–Trinajstić information content (AvgIpc) is 2.38. The van der Waals surface area contributed by atoms with E-state index in [-0.39, 0.29) is 0 Å². The average molecular weight is 256 g/mol. The van der Waals surface area contributed by atoms with Crippen LogP contribution in [0.5, 0.6) is 0 Å². The summed E-state index contributed by atoms with van der Waals surface area (Å²) in [6.45, 7) is 10.8. The highest BCUT2D eigenvalue weighted by atomic mass is 35.5. The number of aryl methyl sites for hydroxylation is 1. The first-order chi connectivity index (χ1) is 8.25. The van der Waals surface area contributed by atoms with Crippen molar-refractivity contribution in [2.45, 2.75) is 27.3 Å². The maximum Gasteiger partial charge on any atom is 0.0594 e. The molecule has 17 heavy (non-hydrogen) atoms. The molecule has 0 saturated carbocycles. The van der Waals surface area contributed by atoms with Crippen LogP contribution in [0.1, 0.15) is 25.0 Å². The fraction of sp³-hybridized carbons (Fsp3) is 0.571. The summed E-state index contributed by atoms with van der Waals surface area (Å²) in [6.07, 6.45) is 0. The Bertz CT molecular complexity index is 335. The Morgan fingerprint density at radius 2 is 1.88 bits per heavy atom. The molecule has 0 spiro atoms. The summed E-state index contributed by atoms with van der Waals surface area (Å²) in [6, 6.07) is 6.25. The second-order valence-corrected chi connectivity index (χ2v) is 4.38. The van der Waals surface area contributed by atoms with Crippen LogP contribution in [0.2, 0.25) is 5.02 Å². The molecule has 3 heteroatoms. The molecule has 1 aromatic carbocycles. The molecular weight excluding hydrogens is 234 g/mol. The molecule has 1 aliphatic heterocycles. The summed E-state index contributed by atoms with van der Waals surface area (Å²) < 4.78 is 5.32. The Balaban J connectivity index is 0.000000686. The van der Waals surface area contributed by atoms with Gasteiger partial charge in [0.15, 0.2) is 0 Å². The lowest BCUT2D eigenvalue weighted by atomic mass is 10.1. The van der Waals surface area contributed by atoms with Crippen LogP contribution in [0.4, 0.5) is 0 Å². The van der Waals surface area contributed by atoms with Gasteiger partial charge in [-0.1, -0.05) is 37.6 Å². The largest absolute Gasteiger partial charge is 0.379 e. The van der Waals surface area contributed by atoms with Crippen LogP contribution in [0.15, 0.2) is 18.2 Å². The minimum atomic E-state index is 0.848. The first kappa shape index (κ1) is 14.5. The van der Waals surface area contributed by atoms with E-state index in [0.717, 1.165) is 43.4 Å². The van der Waals surface area contributed by atoms with Crippen molar-refractivity contribution >= 4 is 11.6 Å². The van der Waals surface area contributed by atoms with E-state index in [9.17, 15) is 0 Å². The molecule has 0 atom stereocenters. The first-order valence-corrected chi connectivity index (χ1v) is 6.68. The molecule has 1 aromatic rings. The fourth-order valence-corrected chi connectivity index (χ4v) is 1.94. The highest BCUT2D eigenvalue weighted by molar-refractivity contribution is 6.31. The van der Waals surface area contributed by atoms with Crippen molar-refractivity contribution in [1.29, 1.82) is 0 Å². The zero-order valence-electron chi connectivity index (χ0n) is 11.0. The zero-order valence-corrected chi connectivity index (χ0v) is 11.8. The maximum absolute atomic E-state index is 5.99. The summed E-state index contributed by atoms with van der Waals surface area (Å²) >= 11 is 5.99. The van der Waals surface area contributed by atoms with Crippen molar-refractivity contribution in [3.05, 3.63) is 34.3 Å². The third-order valence-corrected chi connectivity index (χ3v) is 3.16. The van der Waals surface area contributed by atoms with Gasteiger partial charge in [-0.3, -0.25) is 4.90 Å². The number of hydrogen-bond donors (Lipinski definition) is 0. The van der Waals surface area contributed by atoms with E-state index in [4.69, 9.17) is 16.3 Å². The van der Waals surface area contributed by atoms with Gasteiger partial charge in [-0.25, -0.2) is 0 Å². The van der Waals surface area contributed by atoms with Crippen LogP contribution in [0, 0.1) is 6.92 Å². The van der Waals surface area contributed by atoms with Gasteiger partial charge in [-0.15, -0.1) is 0 Å². The van der Waals surface area contributed by atoms with Crippen LogP contribution in [0.3, 0.4) is 0 Å². The quantitative estimate of drug-likeness (QED) is 0.802. The van der Waals surface area contributed by atoms with Crippen molar-refractivity contribution in [3.63, 3.8) is 0 Å². The molecule has 0 amide bonds. The molecule has 96 valence electrons. The zero-order chi connectivity index (χ0) is 12.7. The summed E-state index contributed by atoms with van der Waals surface area (Å²) in [5.74, 6) is 0. The van der Waals surface area contributed by atoms with E-state index in [0.29, 0.717) is 0 Å². The van der Waals surface area contributed by atoms with Gasteiger partial charge in [0.05, 0.1) is 13.2 Å². The van der Waals surface area contributed by atoms with Crippen LogP contribution < -0.4 is 0 Å². The number of benzene rings is 1. The number of ether oxygens (including phenoxy) is 1. The van der Waals surface area contributed by atoms with Gasteiger partial charge in [0.25, 0.3) is 0 Å². The molecule has 0 radical (unpaired) electrons. The van der Waals surface area contributed by atoms with Crippen LogP contribution in [0.25, 0.3) is 0 Å². The van der Waals surface area contributed by atoms with Gasteiger partial charge < -0.3 is 4.74 Å². The molecule has 1 heterocycles. The Labute approximate surface area is 110 Å². The van der Waals surface area contributed by atoms with Crippen LogP contribution >= 0.6 is 11.6 Å². The van der Waals surface area contributed by atoms with Crippen molar-refractivity contribution in [2.75, 3.05) is 26.3 Å². The number of nitrogens with zero attached hydrogens (tertiary/aromatic N) is 1. The maximum atomic E-state index is 5.99. The number of rotatable bonds is 2. The molecule has 0 bridgehead atoms. The van der Waals surface area contributed by atoms with Crippen LogP contribution in [-0.4, -0.2) is 31.2 Å². The highest BCUT2D eigenvalue weighted by Crippen LogP contribution is 2.17. The third kappa shape index (κ3) is 4.66. The lowest BCUT2D eigenvalue weighted by Crippen LogP contribution is -2.35. The molecule has 0 N–H and O–H groups in total. The molecule has 2 rings (SSSR count). The first-order valence-electron chi connectivity index (χ1n) is 6.31. The molecule has 0 unspecified atom stereocenters. The van der Waals surface area contributed by atoms with Gasteiger partial charge in [-0.2, -0.15) is 0 Å². The summed E-state index contributed by atoms with van der Waals surface area (Å²) in [4.78, 5) is 2.41. The number of halogens is 1. The molecule has 1 aliphatic rings. The van der Waals surface area contributed by atoms with Crippen molar-refractivity contribution in [2.24, 2.45) is 0 Å². The Hall–Kier alpha value is -0.570. The van der Waals surface area contributed by atoms with E-state index >= 15 is 0 Å². The SMILES string of the molecule is CC.Cc1cc(CN2CCOCC2)ccc1Cl. The lowest BCUT2D eigenvalue weighted by Gasteiger charge is -2.26. The van der Waals surface area contributed by atoms with E-state index in [2.05, 4.69) is 17.0 Å². The van der Waals surface area contributed by atoms with E-state index in [1.165, 1.54) is 5.56 Å². The molecule has 1 fully saturated rings. The van der Waals surface area contributed by atoms with Gasteiger partial charge >= 0.3 is 0 Å². The lowest BCUT2D eigenvalue weighted by molar-refractivity contribution is 0.0342. The molecule has 2 nitrogen and oxygen atoms in total. The summed E-state index contributed by atoms with van der Waals surface area (Å²) in [5.41, 5.74) is 2.49. The van der Waals surface area contributed by atoms with Crippen molar-refractivity contribution < 1.29 is 4.74 Å². The topological polar surface area (TPSA) is 12.5 Å². The minimum Gasteiger partial charge on any atom is -0.379 e. The Kier molecular flexibility index (Phi) is 6.56. The monoisotopic (exact) mass is 255 g/mol. The highest BCUT2D eigenvalue weighted by Gasteiger charge is 2.10. The second-order valence-electron chi connectivity index (χ2n) is 3.97. The van der Waals surface area contributed by atoms with Crippen LogP contribution in [-0.2, 0) is 11.3 Å². The predicted molar refractivity (Wildman–Crippen MR) is 73.6 cm³/mol. The predicted octanol–water partition coefficient (Wildman–Crippen LogP) is 3.51. The number of morpholine rings is 1. The smallest absolute Gasteiger partial charge is 0.0594 e. The molecule has 1 saturated heterocycles. The van der Waals surface area contributed by atoms with Crippen molar-refractivity contribution in [1.82, 2.24) is 4.90 Å². The molecule has 0 aromatic heterocycles. The Morgan fingerprint density at radius 3 is 2.47 bits per heavy atom. The standard InChI is InChI=1S/C12H16ClNO.C2H6/c1-10-8-11(2-3-12(10)13)9-14-4-6-15-7-5-14;1-2/h2-3,8H,4-7,9H2,1H3;1-2H3. The van der Waals surface area contributed by atoms with E-state index in [1.54, 1.807) is 0 Å². The Morgan fingerprint density at radius 1 is 1.24 bits per heavy atom. The minimum absolute atomic E-state index is 0.848. The van der Waals surface area contributed by atoms with E-state index < -0.39 is 0 Å². The van der Waals surface area contributed by atoms with E-state index in [1.807, 2.05) is 26.8 Å². The molecule has 0 aliphatic carbocycles. The van der Waals surface area contributed by atoms with Gasteiger partial charge in [0, 0.05) is 24.7 Å². The van der Waals surface area contributed by atoms with Gasteiger partial charge in [0.1, 0.15) is 0 Å². The number of hydrogen-bond acceptors (Lipinski definition) is 2. The third-order valence-electron chi connectivity index (χ3n) is 2.73. The van der Waals surface area contributed by atoms with Crippen molar-refractivity contribution in [3.8, 4) is 0 Å². The summed E-state index contributed by atoms with van der Waals surface area (Å²) in [5, 5.41) is 0.848. The summed E-state index contributed by atoms with van der Waals surface area (Å²) in [7, 11) is 0. The van der Waals surface area contributed by atoms with Gasteiger partial charge in [0.2, 0.25) is 0 Å². The normalized spacial score (nSPS) is 16.2. The van der Waals surface area contributed by atoms with Gasteiger partial charge in [-0.05, 0) is 24.1 Å². The fourth-order valence-electron chi connectivity index (χ4n) is 1.82. The second kappa shape index (κ2) is 7.70.